The lowest BCUT2D eigenvalue weighted by atomic mass is 10.2. The molecule has 3 aromatic rings. The van der Waals surface area contributed by atoms with E-state index in [0.717, 1.165) is 23.3 Å². The molecule has 0 spiro atoms. The molecule has 1 saturated heterocycles. The second-order valence-corrected chi connectivity index (χ2v) is 10.3. The summed E-state index contributed by atoms with van der Waals surface area (Å²) in [5, 5.41) is 12.1. The average Bonchev–Trinajstić information content (AvgIpc) is 3.40. The molecule has 4 rings (SSSR count). The van der Waals surface area contributed by atoms with Gasteiger partial charge in [0, 0.05) is 17.3 Å². The van der Waals surface area contributed by atoms with Crippen LogP contribution in [0.2, 0.25) is 5.02 Å². The zero-order valence-electron chi connectivity index (χ0n) is 15.9. The van der Waals surface area contributed by atoms with Crippen LogP contribution in [0.25, 0.3) is 0 Å². The number of hydrogen-bond donors (Lipinski definition) is 1. The van der Waals surface area contributed by atoms with Crippen LogP contribution >= 0.6 is 22.9 Å². The summed E-state index contributed by atoms with van der Waals surface area (Å²) in [6.07, 6.45) is 1.39. The van der Waals surface area contributed by atoms with Crippen molar-refractivity contribution in [1.29, 1.82) is 0 Å². The lowest BCUT2D eigenvalue weighted by molar-refractivity contribution is 0.102. The van der Waals surface area contributed by atoms with Gasteiger partial charge in [0.25, 0.3) is 5.91 Å². The number of carbonyl (C=O) groups excluding carboxylic acids is 1. The van der Waals surface area contributed by atoms with Crippen molar-refractivity contribution >= 4 is 44.6 Å². The predicted octanol–water partition coefficient (Wildman–Crippen LogP) is 4.11. The summed E-state index contributed by atoms with van der Waals surface area (Å²) >= 11 is 6.98. The van der Waals surface area contributed by atoms with Crippen molar-refractivity contribution < 1.29 is 13.2 Å². The van der Waals surface area contributed by atoms with Crippen LogP contribution in [0, 0.1) is 0 Å². The first-order chi connectivity index (χ1) is 14.4. The minimum absolute atomic E-state index is 0.0624. The van der Waals surface area contributed by atoms with E-state index in [0.29, 0.717) is 28.7 Å². The molecule has 30 heavy (non-hydrogen) atoms. The van der Waals surface area contributed by atoms with E-state index in [4.69, 9.17) is 11.6 Å². The van der Waals surface area contributed by atoms with Crippen molar-refractivity contribution in [2.24, 2.45) is 0 Å². The van der Waals surface area contributed by atoms with Gasteiger partial charge in [-0.3, -0.25) is 4.79 Å². The van der Waals surface area contributed by atoms with Crippen molar-refractivity contribution in [3.8, 4) is 0 Å². The smallest absolute Gasteiger partial charge is 0.286 e. The predicted molar refractivity (Wildman–Crippen MR) is 117 cm³/mol. The SMILES string of the molecule is O=C(Nc1ccc(Cl)cc1)c1nnc([C@@H]2CCCN2S(=O)(=O)Cc2ccccc2)s1. The van der Waals surface area contributed by atoms with Gasteiger partial charge in [-0.25, -0.2) is 8.42 Å². The molecule has 1 aromatic heterocycles. The summed E-state index contributed by atoms with van der Waals surface area (Å²) in [6, 6.07) is 15.4. The maximum absolute atomic E-state index is 13.0. The zero-order valence-corrected chi connectivity index (χ0v) is 18.3. The fraction of sp³-hybridized carbons (Fsp3) is 0.250. The number of aromatic nitrogens is 2. The second kappa shape index (κ2) is 8.81. The zero-order chi connectivity index (χ0) is 21.1. The number of halogens is 1. The molecule has 1 N–H and O–H groups in total. The Hall–Kier alpha value is -2.33. The molecule has 0 aliphatic carbocycles. The largest absolute Gasteiger partial charge is 0.320 e. The van der Waals surface area contributed by atoms with E-state index in [-0.39, 0.29) is 10.8 Å². The first-order valence-corrected chi connectivity index (χ1v) is 12.2. The van der Waals surface area contributed by atoms with Gasteiger partial charge in [-0.1, -0.05) is 53.3 Å². The minimum Gasteiger partial charge on any atom is -0.320 e. The van der Waals surface area contributed by atoms with Crippen molar-refractivity contribution in [3.63, 3.8) is 0 Å². The summed E-state index contributed by atoms with van der Waals surface area (Å²) < 4.78 is 27.5. The summed E-state index contributed by atoms with van der Waals surface area (Å²) in [4.78, 5) is 12.5. The molecule has 1 fully saturated rings. The molecular weight excluding hydrogens is 444 g/mol. The van der Waals surface area contributed by atoms with Gasteiger partial charge in [0.15, 0.2) is 0 Å². The van der Waals surface area contributed by atoms with Crippen LogP contribution in [-0.4, -0.2) is 35.4 Å². The number of nitrogens with zero attached hydrogens (tertiary/aromatic N) is 3. The van der Waals surface area contributed by atoms with E-state index in [9.17, 15) is 13.2 Å². The van der Waals surface area contributed by atoms with E-state index < -0.39 is 22.0 Å². The van der Waals surface area contributed by atoms with Crippen LogP contribution in [0.1, 0.15) is 39.3 Å². The van der Waals surface area contributed by atoms with Gasteiger partial charge in [-0.15, -0.1) is 10.2 Å². The van der Waals surface area contributed by atoms with Crippen molar-refractivity contribution in [2.75, 3.05) is 11.9 Å². The molecule has 156 valence electrons. The molecule has 2 aromatic carbocycles. The molecule has 1 aliphatic heterocycles. The number of carbonyl (C=O) groups is 1. The van der Waals surface area contributed by atoms with E-state index in [1.807, 2.05) is 18.2 Å². The van der Waals surface area contributed by atoms with Gasteiger partial charge in [-0.05, 0) is 42.7 Å². The highest BCUT2D eigenvalue weighted by Gasteiger charge is 2.37. The molecule has 10 heteroatoms. The summed E-state index contributed by atoms with van der Waals surface area (Å²) in [5.74, 6) is -0.453. The number of rotatable bonds is 6. The molecule has 1 atom stereocenters. The van der Waals surface area contributed by atoms with Gasteiger partial charge in [0.2, 0.25) is 15.0 Å². The highest BCUT2D eigenvalue weighted by Crippen LogP contribution is 2.36. The van der Waals surface area contributed by atoms with Gasteiger partial charge in [0.05, 0.1) is 11.8 Å². The second-order valence-electron chi connectivity index (χ2n) is 6.92. The Morgan fingerprint density at radius 3 is 2.60 bits per heavy atom. The Balaban J connectivity index is 1.49. The minimum atomic E-state index is -3.51. The van der Waals surface area contributed by atoms with Crippen LogP contribution in [0.5, 0.6) is 0 Å². The van der Waals surface area contributed by atoms with Crippen molar-refractivity contribution in [3.05, 3.63) is 75.2 Å². The number of nitrogens with one attached hydrogen (secondary N) is 1. The Morgan fingerprint density at radius 1 is 1.13 bits per heavy atom. The third-order valence-electron chi connectivity index (χ3n) is 4.77. The maximum Gasteiger partial charge on any atom is 0.286 e. The molecule has 7 nitrogen and oxygen atoms in total. The van der Waals surface area contributed by atoms with Crippen molar-refractivity contribution in [2.45, 2.75) is 24.6 Å². The lowest BCUT2D eigenvalue weighted by Crippen LogP contribution is -2.31. The first kappa shape index (κ1) is 20.9. The fourth-order valence-corrected chi connectivity index (χ4v) is 6.23. The van der Waals surface area contributed by atoms with Gasteiger partial charge in [-0.2, -0.15) is 4.31 Å². The van der Waals surface area contributed by atoms with E-state index in [1.54, 1.807) is 36.4 Å². The Kier molecular flexibility index (Phi) is 6.14. The normalized spacial score (nSPS) is 17.2. The Bertz CT molecular complexity index is 1130. The van der Waals surface area contributed by atoms with Crippen LogP contribution in [-0.2, 0) is 15.8 Å². The highest BCUT2D eigenvalue weighted by molar-refractivity contribution is 7.88. The molecule has 1 aliphatic rings. The average molecular weight is 463 g/mol. The standard InChI is InChI=1S/C20H19ClN4O3S2/c21-15-8-10-16(11-9-15)22-18(26)20-24-23-19(29-20)17-7-4-12-25(17)30(27,28)13-14-5-2-1-3-6-14/h1-3,5-6,8-11,17H,4,7,12-13H2,(H,22,26)/t17-/m0/s1. The maximum atomic E-state index is 13.0. The molecule has 0 bridgehead atoms. The summed E-state index contributed by atoms with van der Waals surface area (Å²) in [7, 11) is -3.51. The van der Waals surface area contributed by atoms with E-state index in [2.05, 4.69) is 15.5 Å². The number of anilines is 1. The lowest BCUT2D eigenvalue weighted by Gasteiger charge is -2.22. The van der Waals surface area contributed by atoms with Crippen LogP contribution < -0.4 is 5.32 Å². The third kappa shape index (κ3) is 4.70. The van der Waals surface area contributed by atoms with Gasteiger partial charge in [0.1, 0.15) is 5.01 Å². The molecule has 0 radical (unpaired) electrons. The number of benzene rings is 2. The molecular formula is C20H19ClN4O3S2. The first-order valence-electron chi connectivity index (χ1n) is 9.36. The molecule has 2 heterocycles. The summed E-state index contributed by atoms with van der Waals surface area (Å²) in [5.41, 5.74) is 1.33. The fourth-order valence-electron chi connectivity index (χ4n) is 3.37. The third-order valence-corrected chi connectivity index (χ3v) is 7.90. The van der Waals surface area contributed by atoms with Crippen LogP contribution in [0.3, 0.4) is 0 Å². The number of hydrogen-bond acceptors (Lipinski definition) is 6. The number of sulfonamides is 1. The number of amides is 1. The van der Waals surface area contributed by atoms with Crippen molar-refractivity contribution in [1.82, 2.24) is 14.5 Å². The van der Waals surface area contributed by atoms with Gasteiger partial charge < -0.3 is 5.32 Å². The van der Waals surface area contributed by atoms with E-state index >= 15 is 0 Å². The highest BCUT2D eigenvalue weighted by atomic mass is 35.5. The summed E-state index contributed by atoms with van der Waals surface area (Å²) in [6.45, 7) is 0.436. The molecule has 0 unspecified atom stereocenters. The topological polar surface area (TPSA) is 92.3 Å². The molecule has 0 saturated carbocycles. The Labute approximate surface area is 183 Å². The van der Waals surface area contributed by atoms with E-state index in [1.165, 1.54) is 4.31 Å². The molecule has 1 amide bonds. The quantitative estimate of drug-likeness (QED) is 0.595. The van der Waals surface area contributed by atoms with Crippen LogP contribution in [0.4, 0.5) is 5.69 Å². The monoisotopic (exact) mass is 462 g/mol. The van der Waals surface area contributed by atoms with Gasteiger partial charge >= 0.3 is 0 Å². The Morgan fingerprint density at radius 2 is 1.87 bits per heavy atom. The van der Waals surface area contributed by atoms with Crippen LogP contribution in [0.15, 0.2) is 54.6 Å².